The van der Waals surface area contributed by atoms with Gasteiger partial charge in [-0.05, 0) is 31.6 Å². The highest BCUT2D eigenvalue weighted by molar-refractivity contribution is 4.73. The summed E-state index contributed by atoms with van der Waals surface area (Å²) in [6.07, 6.45) is 14.4. The molecule has 2 heteroatoms. The molecule has 0 aromatic rings. The Balaban J connectivity index is 1.54. The predicted molar refractivity (Wildman–Crippen MR) is 76.9 cm³/mol. The maximum atomic E-state index is 6.06. The van der Waals surface area contributed by atoms with E-state index in [-0.39, 0.29) is 0 Å². The van der Waals surface area contributed by atoms with Crippen molar-refractivity contribution in [2.45, 2.75) is 83.3 Å². The third kappa shape index (κ3) is 4.89. The Morgan fingerprint density at radius 2 is 1.56 bits per heavy atom. The Labute approximate surface area is 113 Å². The molecule has 0 aromatic heterocycles. The fraction of sp³-hybridized carbons (Fsp3) is 1.00. The van der Waals surface area contributed by atoms with E-state index in [0.717, 1.165) is 25.1 Å². The summed E-state index contributed by atoms with van der Waals surface area (Å²) in [7, 11) is 0. The van der Waals surface area contributed by atoms with Crippen molar-refractivity contribution >= 4 is 0 Å². The molecule has 2 fully saturated rings. The van der Waals surface area contributed by atoms with Crippen molar-refractivity contribution in [2.24, 2.45) is 5.92 Å². The summed E-state index contributed by atoms with van der Waals surface area (Å²) in [5, 5.41) is 3.69. The van der Waals surface area contributed by atoms with Crippen LogP contribution in [0.2, 0.25) is 0 Å². The minimum Gasteiger partial charge on any atom is -0.377 e. The highest BCUT2D eigenvalue weighted by Gasteiger charge is 2.21. The van der Waals surface area contributed by atoms with Crippen LogP contribution in [0.15, 0.2) is 0 Å². The van der Waals surface area contributed by atoms with Gasteiger partial charge in [0.1, 0.15) is 0 Å². The quantitative estimate of drug-likeness (QED) is 0.593. The van der Waals surface area contributed by atoms with E-state index in [1.807, 2.05) is 0 Å². The Bertz CT molecular complexity index is 211. The third-order valence-corrected chi connectivity index (χ3v) is 4.75. The van der Waals surface area contributed by atoms with Crippen molar-refractivity contribution < 1.29 is 4.74 Å². The first-order valence-electron chi connectivity index (χ1n) is 8.21. The molecule has 106 valence electrons. The molecule has 2 rings (SSSR count). The van der Waals surface area contributed by atoms with Crippen molar-refractivity contribution in [3.05, 3.63) is 0 Å². The van der Waals surface area contributed by atoms with Gasteiger partial charge < -0.3 is 10.1 Å². The van der Waals surface area contributed by atoms with Gasteiger partial charge in [-0.2, -0.15) is 0 Å². The van der Waals surface area contributed by atoms with Crippen molar-refractivity contribution in [1.29, 1.82) is 0 Å². The molecule has 0 heterocycles. The van der Waals surface area contributed by atoms with Crippen molar-refractivity contribution in [1.82, 2.24) is 5.32 Å². The highest BCUT2D eigenvalue weighted by Crippen LogP contribution is 2.26. The molecule has 0 amide bonds. The number of nitrogens with one attached hydrogen (secondary N) is 1. The summed E-state index contributed by atoms with van der Waals surface area (Å²) in [6, 6.07) is 0.764. The molecule has 0 bridgehead atoms. The molecule has 2 aliphatic rings. The minimum atomic E-state index is 0.537. The maximum absolute atomic E-state index is 6.06. The smallest absolute Gasteiger partial charge is 0.0601 e. The van der Waals surface area contributed by atoms with Gasteiger partial charge in [0.15, 0.2) is 0 Å². The molecule has 0 saturated heterocycles. The Morgan fingerprint density at radius 1 is 0.889 bits per heavy atom. The lowest BCUT2D eigenvalue weighted by Crippen LogP contribution is -2.34. The number of rotatable bonds is 5. The fourth-order valence-corrected chi connectivity index (χ4v) is 3.49. The molecule has 2 atom stereocenters. The molecule has 0 spiro atoms. The summed E-state index contributed by atoms with van der Waals surface area (Å²) in [5.74, 6) is 0.775. The molecular weight excluding hydrogens is 222 g/mol. The molecular formula is C16H31NO. The first-order valence-corrected chi connectivity index (χ1v) is 8.21. The largest absolute Gasteiger partial charge is 0.377 e. The zero-order chi connectivity index (χ0) is 12.6. The van der Waals surface area contributed by atoms with Crippen LogP contribution in [-0.2, 0) is 4.74 Å². The fourth-order valence-electron chi connectivity index (χ4n) is 3.49. The van der Waals surface area contributed by atoms with E-state index in [4.69, 9.17) is 4.74 Å². The molecule has 18 heavy (non-hydrogen) atoms. The first-order chi connectivity index (χ1) is 8.86. The van der Waals surface area contributed by atoms with Gasteiger partial charge >= 0.3 is 0 Å². The second-order valence-corrected chi connectivity index (χ2v) is 6.31. The standard InChI is InChI=1S/C16H31NO/c1-14-8-6-7-11-16(14)18-13-12-17-15-9-4-2-3-5-10-15/h14-17H,2-13H2,1H3. The van der Waals surface area contributed by atoms with Crippen molar-refractivity contribution in [3.63, 3.8) is 0 Å². The van der Waals surface area contributed by atoms with Gasteiger partial charge in [0.25, 0.3) is 0 Å². The lowest BCUT2D eigenvalue weighted by atomic mass is 9.88. The molecule has 2 saturated carbocycles. The van der Waals surface area contributed by atoms with Gasteiger partial charge in [0.05, 0.1) is 12.7 Å². The molecule has 0 radical (unpaired) electrons. The van der Waals surface area contributed by atoms with E-state index in [9.17, 15) is 0 Å². The lowest BCUT2D eigenvalue weighted by molar-refractivity contribution is -0.00395. The van der Waals surface area contributed by atoms with E-state index < -0.39 is 0 Å². The van der Waals surface area contributed by atoms with Crippen molar-refractivity contribution in [2.75, 3.05) is 13.2 Å². The van der Waals surface area contributed by atoms with Crippen LogP contribution >= 0.6 is 0 Å². The average Bonchev–Trinajstić information content (AvgIpc) is 2.65. The van der Waals surface area contributed by atoms with Gasteiger partial charge in [-0.25, -0.2) is 0 Å². The second kappa shape index (κ2) is 8.16. The molecule has 0 aliphatic heterocycles. The zero-order valence-electron chi connectivity index (χ0n) is 12.1. The van der Waals surface area contributed by atoms with Crippen LogP contribution in [0.25, 0.3) is 0 Å². The third-order valence-electron chi connectivity index (χ3n) is 4.75. The SMILES string of the molecule is CC1CCCCC1OCCNC1CCCCCC1. The molecule has 2 aliphatic carbocycles. The van der Waals surface area contributed by atoms with Gasteiger partial charge in [-0.15, -0.1) is 0 Å². The van der Waals surface area contributed by atoms with Crippen LogP contribution in [0.4, 0.5) is 0 Å². The topological polar surface area (TPSA) is 21.3 Å². The Hall–Kier alpha value is -0.0800. The summed E-state index contributed by atoms with van der Waals surface area (Å²) in [6.45, 7) is 4.31. The Kier molecular flexibility index (Phi) is 6.50. The zero-order valence-corrected chi connectivity index (χ0v) is 12.1. The van der Waals surface area contributed by atoms with Crippen LogP contribution in [0.3, 0.4) is 0 Å². The van der Waals surface area contributed by atoms with Gasteiger partial charge in [-0.3, -0.25) is 0 Å². The van der Waals surface area contributed by atoms with E-state index >= 15 is 0 Å². The van der Waals surface area contributed by atoms with Crippen LogP contribution < -0.4 is 5.32 Å². The van der Waals surface area contributed by atoms with Gasteiger partial charge in [0.2, 0.25) is 0 Å². The molecule has 2 nitrogen and oxygen atoms in total. The summed E-state index contributed by atoms with van der Waals surface area (Å²) >= 11 is 0. The van der Waals surface area contributed by atoms with E-state index in [1.165, 1.54) is 64.2 Å². The van der Waals surface area contributed by atoms with Crippen LogP contribution in [0.5, 0.6) is 0 Å². The number of hydrogen-bond acceptors (Lipinski definition) is 2. The van der Waals surface area contributed by atoms with Crippen LogP contribution in [0, 0.1) is 5.92 Å². The summed E-state index contributed by atoms with van der Waals surface area (Å²) < 4.78 is 6.06. The lowest BCUT2D eigenvalue weighted by Gasteiger charge is -2.29. The summed E-state index contributed by atoms with van der Waals surface area (Å²) in [4.78, 5) is 0. The van der Waals surface area contributed by atoms with E-state index in [0.29, 0.717) is 6.10 Å². The normalized spacial score (nSPS) is 31.2. The van der Waals surface area contributed by atoms with E-state index in [1.54, 1.807) is 0 Å². The monoisotopic (exact) mass is 253 g/mol. The summed E-state index contributed by atoms with van der Waals surface area (Å²) in [5.41, 5.74) is 0. The van der Waals surface area contributed by atoms with Gasteiger partial charge in [0, 0.05) is 12.6 Å². The first kappa shape index (κ1) is 14.3. The molecule has 2 unspecified atom stereocenters. The maximum Gasteiger partial charge on any atom is 0.0601 e. The van der Waals surface area contributed by atoms with Gasteiger partial charge in [-0.1, -0.05) is 45.4 Å². The van der Waals surface area contributed by atoms with Crippen LogP contribution in [0.1, 0.15) is 71.1 Å². The number of ether oxygens (including phenoxy) is 1. The van der Waals surface area contributed by atoms with Crippen LogP contribution in [-0.4, -0.2) is 25.3 Å². The second-order valence-electron chi connectivity index (χ2n) is 6.31. The number of hydrogen-bond donors (Lipinski definition) is 1. The highest BCUT2D eigenvalue weighted by atomic mass is 16.5. The Morgan fingerprint density at radius 3 is 2.28 bits per heavy atom. The predicted octanol–water partition coefficient (Wildman–Crippen LogP) is 3.89. The molecule has 1 N–H and O–H groups in total. The van der Waals surface area contributed by atoms with Crippen molar-refractivity contribution in [3.8, 4) is 0 Å². The average molecular weight is 253 g/mol. The molecule has 0 aromatic carbocycles. The van der Waals surface area contributed by atoms with E-state index in [2.05, 4.69) is 12.2 Å². The minimum absolute atomic E-state index is 0.537.